The molecule has 2 atom stereocenters. The van der Waals surface area contributed by atoms with Crippen molar-refractivity contribution >= 4 is 12.1 Å². The monoisotopic (exact) mass is 258 g/mol. The summed E-state index contributed by atoms with van der Waals surface area (Å²) in [7, 11) is 1.36. The summed E-state index contributed by atoms with van der Waals surface area (Å²) in [4.78, 5) is 22.9. The molecule has 1 fully saturated rings. The number of ether oxygens (including phenoxy) is 2. The van der Waals surface area contributed by atoms with Crippen LogP contribution in [0.4, 0.5) is 4.79 Å². The number of amides is 1. The van der Waals surface area contributed by atoms with Crippen LogP contribution in [0.2, 0.25) is 0 Å². The molecular formula is C12H22N2O4. The number of nitrogens with one attached hydrogen (secondary N) is 2. The van der Waals surface area contributed by atoms with Gasteiger partial charge in [-0.05, 0) is 20.8 Å². The summed E-state index contributed by atoms with van der Waals surface area (Å²) in [6, 6.07) is -0.0982. The van der Waals surface area contributed by atoms with Crippen LogP contribution in [0.25, 0.3) is 0 Å². The van der Waals surface area contributed by atoms with Gasteiger partial charge in [0.2, 0.25) is 0 Å². The van der Waals surface area contributed by atoms with Crippen LogP contribution in [-0.2, 0) is 14.3 Å². The topological polar surface area (TPSA) is 76.7 Å². The molecule has 0 unspecified atom stereocenters. The normalized spacial score (nSPS) is 23.6. The smallest absolute Gasteiger partial charge is 0.407 e. The summed E-state index contributed by atoms with van der Waals surface area (Å²) < 4.78 is 9.82. The molecule has 1 rings (SSSR count). The van der Waals surface area contributed by atoms with Crippen LogP contribution >= 0.6 is 0 Å². The minimum absolute atomic E-state index is 0.0463. The van der Waals surface area contributed by atoms with E-state index in [-0.39, 0.29) is 17.9 Å². The Bertz CT molecular complexity index is 312. The molecule has 1 heterocycles. The van der Waals surface area contributed by atoms with E-state index in [0.29, 0.717) is 19.5 Å². The van der Waals surface area contributed by atoms with Gasteiger partial charge < -0.3 is 20.1 Å². The van der Waals surface area contributed by atoms with E-state index >= 15 is 0 Å². The number of carbonyl (C=O) groups excluding carboxylic acids is 2. The van der Waals surface area contributed by atoms with E-state index in [2.05, 4.69) is 15.4 Å². The highest BCUT2D eigenvalue weighted by atomic mass is 16.6. The molecule has 1 aliphatic heterocycles. The van der Waals surface area contributed by atoms with E-state index < -0.39 is 11.7 Å². The first-order chi connectivity index (χ1) is 8.31. The fraction of sp³-hybridized carbons (Fsp3) is 0.833. The third-order valence-electron chi connectivity index (χ3n) is 2.70. The van der Waals surface area contributed by atoms with Crippen molar-refractivity contribution in [2.24, 2.45) is 5.92 Å². The second kappa shape index (κ2) is 6.04. The fourth-order valence-electron chi connectivity index (χ4n) is 1.87. The number of esters is 1. The molecule has 0 aromatic heterocycles. The minimum atomic E-state index is -0.520. The van der Waals surface area contributed by atoms with Crippen LogP contribution in [-0.4, -0.2) is 43.9 Å². The van der Waals surface area contributed by atoms with E-state index in [9.17, 15) is 9.59 Å². The summed E-state index contributed by atoms with van der Waals surface area (Å²) in [5, 5.41) is 5.93. The average molecular weight is 258 g/mol. The molecule has 0 aliphatic carbocycles. The Balaban J connectivity index is 2.45. The van der Waals surface area contributed by atoms with Crippen LogP contribution in [0.1, 0.15) is 27.2 Å². The van der Waals surface area contributed by atoms with Gasteiger partial charge in [0.15, 0.2) is 0 Å². The third-order valence-corrected chi connectivity index (χ3v) is 2.70. The predicted octanol–water partition coefficient (Wildman–Crippen LogP) is 0.662. The standard InChI is InChI=1S/C12H22N2O4/c1-12(2,3)18-11(16)14-9-7-13-6-8(9)5-10(15)17-4/h8-9,13H,5-7H2,1-4H3,(H,14,16)/t8-,9+/m0/s1. The maximum Gasteiger partial charge on any atom is 0.407 e. The molecule has 0 aromatic rings. The lowest BCUT2D eigenvalue weighted by Crippen LogP contribution is -2.43. The van der Waals surface area contributed by atoms with Gasteiger partial charge in [0.1, 0.15) is 5.60 Å². The second-order valence-corrected chi connectivity index (χ2v) is 5.45. The molecule has 1 amide bonds. The van der Waals surface area contributed by atoms with Crippen molar-refractivity contribution < 1.29 is 19.1 Å². The summed E-state index contributed by atoms with van der Waals surface area (Å²) in [5.41, 5.74) is -0.520. The number of carbonyl (C=O) groups is 2. The van der Waals surface area contributed by atoms with Crippen molar-refractivity contribution in [2.45, 2.75) is 38.8 Å². The molecule has 6 nitrogen and oxygen atoms in total. The van der Waals surface area contributed by atoms with E-state index in [4.69, 9.17) is 4.74 Å². The van der Waals surface area contributed by atoms with Crippen LogP contribution in [0.5, 0.6) is 0 Å². The number of rotatable bonds is 3. The highest BCUT2D eigenvalue weighted by molar-refractivity contribution is 5.70. The third kappa shape index (κ3) is 4.91. The van der Waals surface area contributed by atoms with Gasteiger partial charge in [-0.15, -0.1) is 0 Å². The van der Waals surface area contributed by atoms with E-state index in [0.717, 1.165) is 0 Å². The molecule has 104 valence electrons. The lowest BCUT2D eigenvalue weighted by atomic mass is 10.00. The van der Waals surface area contributed by atoms with Crippen molar-refractivity contribution in [1.29, 1.82) is 0 Å². The zero-order chi connectivity index (χ0) is 13.8. The largest absolute Gasteiger partial charge is 0.469 e. The van der Waals surface area contributed by atoms with Gasteiger partial charge in [0, 0.05) is 25.0 Å². The Morgan fingerprint density at radius 3 is 2.56 bits per heavy atom. The van der Waals surface area contributed by atoms with Crippen molar-refractivity contribution in [3.05, 3.63) is 0 Å². The van der Waals surface area contributed by atoms with Crippen molar-refractivity contribution in [3.8, 4) is 0 Å². The molecule has 1 saturated heterocycles. The number of hydrogen-bond donors (Lipinski definition) is 2. The molecule has 18 heavy (non-hydrogen) atoms. The average Bonchev–Trinajstić information content (AvgIpc) is 2.62. The minimum Gasteiger partial charge on any atom is -0.469 e. The van der Waals surface area contributed by atoms with Gasteiger partial charge in [-0.3, -0.25) is 4.79 Å². The number of hydrogen-bond acceptors (Lipinski definition) is 5. The van der Waals surface area contributed by atoms with Gasteiger partial charge in [0.05, 0.1) is 13.5 Å². The van der Waals surface area contributed by atoms with Crippen LogP contribution in [0.3, 0.4) is 0 Å². The molecular weight excluding hydrogens is 236 g/mol. The van der Waals surface area contributed by atoms with E-state index in [1.54, 1.807) is 0 Å². The molecule has 0 spiro atoms. The second-order valence-electron chi connectivity index (χ2n) is 5.45. The van der Waals surface area contributed by atoms with Crippen molar-refractivity contribution in [1.82, 2.24) is 10.6 Å². The zero-order valence-electron chi connectivity index (χ0n) is 11.4. The van der Waals surface area contributed by atoms with Crippen LogP contribution in [0, 0.1) is 5.92 Å². The molecule has 0 aromatic carbocycles. The quantitative estimate of drug-likeness (QED) is 0.727. The molecule has 0 saturated carbocycles. The van der Waals surface area contributed by atoms with Crippen molar-refractivity contribution in [3.63, 3.8) is 0 Å². The predicted molar refractivity (Wildman–Crippen MR) is 66.2 cm³/mol. The highest BCUT2D eigenvalue weighted by Crippen LogP contribution is 2.15. The molecule has 6 heteroatoms. The first kappa shape index (κ1) is 14.8. The lowest BCUT2D eigenvalue weighted by molar-refractivity contribution is -0.141. The Morgan fingerprint density at radius 1 is 1.33 bits per heavy atom. The van der Waals surface area contributed by atoms with Gasteiger partial charge in [0.25, 0.3) is 0 Å². The molecule has 0 radical (unpaired) electrons. The Labute approximate surface area is 107 Å². The summed E-state index contributed by atoms with van der Waals surface area (Å²) >= 11 is 0. The molecule has 1 aliphatic rings. The van der Waals surface area contributed by atoms with Gasteiger partial charge >= 0.3 is 12.1 Å². The SMILES string of the molecule is COC(=O)C[C@H]1CNC[C@H]1NC(=O)OC(C)(C)C. The molecule has 0 bridgehead atoms. The van der Waals surface area contributed by atoms with Gasteiger partial charge in [-0.1, -0.05) is 0 Å². The van der Waals surface area contributed by atoms with Crippen LogP contribution in [0.15, 0.2) is 0 Å². The Morgan fingerprint density at radius 2 is 2.00 bits per heavy atom. The first-order valence-electron chi connectivity index (χ1n) is 6.09. The summed E-state index contributed by atoms with van der Waals surface area (Å²) in [6.45, 7) is 6.76. The maximum absolute atomic E-state index is 11.6. The Hall–Kier alpha value is -1.30. The highest BCUT2D eigenvalue weighted by Gasteiger charge is 2.31. The summed E-state index contributed by atoms with van der Waals surface area (Å²) in [6.07, 6.45) is -0.157. The maximum atomic E-state index is 11.6. The van der Waals surface area contributed by atoms with Crippen molar-refractivity contribution in [2.75, 3.05) is 20.2 Å². The fourth-order valence-corrected chi connectivity index (χ4v) is 1.87. The van der Waals surface area contributed by atoms with E-state index in [1.165, 1.54) is 7.11 Å². The Kier molecular flexibility index (Phi) is 4.95. The first-order valence-corrected chi connectivity index (χ1v) is 6.09. The number of methoxy groups -OCH3 is 1. The van der Waals surface area contributed by atoms with Gasteiger partial charge in [-0.2, -0.15) is 0 Å². The summed E-state index contributed by atoms with van der Waals surface area (Å²) in [5.74, 6) is -0.218. The lowest BCUT2D eigenvalue weighted by Gasteiger charge is -2.23. The van der Waals surface area contributed by atoms with E-state index in [1.807, 2.05) is 20.8 Å². The van der Waals surface area contributed by atoms with Crippen LogP contribution < -0.4 is 10.6 Å². The number of alkyl carbamates (subject to hydrolysis) is 1. The van der Waals surface area contributed by atoms with Gasteiger partial charge in [-0.25, -0.2) is 4.79 Å². The molecule has 2 N–H and O–H groups in total. The zero-order valence-corrected chi connectivity index (χ0v) is 11.4.